The maximum Gasteiger partial charge on any atom is 0.231 e. The molecule has 1 aromatic carbocycles. The van der Waals surface area contributed by atoms with E-state index in [9.17, 15) is 0 Å². The molecule has 0 fully saturated rings. The van der Waals surface area contributed by atoms with Crippen molar-refractivity contribution in [2.24, 2.45) is 0 Å². The summed E-state index contributed by atoms with van der Waals surface area (Å²) in [6, 6.07) is 5.80. The Bertz CT molecular complexity index is 720. The Labute approximate surface area is 114 Å². The van der Waals surface area contributed by atoms with Gasteiger partial charge in [-0.1, -0.05) is 11.3 Å². The summed E-state index contributed by atoms with van der Waals surface area (Å²) in [5.74, 6) is 1.54. The zero-order valence-electron chi connectivity index (χ0n) is 8.96. The minimum absolute atomic E-state index is 0.283. The zero-order chi connectivity index (χ0) is 12.1. The smallest absolute Gasteiger partial charge is 0.231 e. The summed E-state index contributed by atoms with van der Waals surface area (Å²) in [4.78, 5) is 5.38. The van der Waals surface area contributed by atoms with Crippen molar-refractivity contribution in [3.8, 4) is 22.8 Å². The second-order valence-electron chi connectivity index (χ2n) is 3.78. The van der Waals surface area contributed by atoms with E-state index in [-0.39, 0.29) is 6.79 Å². The first-order valence-corrected chi connectivity index (χ1v) is 6.82. The van der Waals surface area contributed by atoms with Crippen molar-refractivity contribution in [1.29, 1.82) is 0 Å². The van der Waals surface area contributed by atoms with Gasteiger partial charge in [0.05, 0.1) is 11.9 Å². The Hall–Kier alpha value is -1.60. The van der Waals surface area contributed by atoms with Crippen LogP contribution in [0.4, 0.5) is 0 Å². The van der Waals surface area contributed by atoms with Crippen LogP contribution in [0.5, 0.6) is 11.5 Å². The van der Waals surface area contributed by atoms with Crippen LogP contribution in [0.15, 0.2) is 28.3 Å². The van der Waals surface area contributed by atoms with E-state index in [1.165, 1.54) is 11.3 Å². The highest BCUT2D eigenvalue weighted by Gasteiger charge is 2.15. The molecule has 1 aliphatic heterocycles. The van der Waals surface area contributed by atoms with Crippen molar-refractivity contribution >= 4 is 32.2 Å². The molecule has 0 saturated heterocycles. The maximum absolute atomic E-state index is 5.36. The molecular weight excluding hydrogens is 318 g/mol. The number of nitrogens with zero attached hydrogens (tertiary/aromatic N) is 3. The van der Waals surface area contributed by atoms with Crippen molar-refractivity contribution in [2.75, 3.05) is 6.79 Å². The molecule has 3 heterocycles. The van der Waals surface area contributed by atoms with Crippen LogP contribution in [0, 0.1) is 0 Å². The predicted octanol–water partition coefficient (Wildman–Crippen LogP) is 2.95. The third-order valence-electron chi connectivity index (χ3n) is 2.69. The lowest BCUT2D eigenvalue weighted by Crippen LogP contribution is -1.92. The van der Waals surface area contributed by atoms with E-state index in [0.29, 0.717) is 0 Å². The van der Waals surface area contributed by atoms with E-state index in [4.69, 9.17) is 9.47 Å². The van der Waals surface area contributed by atoms with Gasteiger partial charge in [0.1, 0.15) is 0 Å². The fraction of sp³-hybridized carbons (Fsp3) is 0.0909. The van der Waals surface area contributed by atoms with Gasteiger partial charge in [-0.2, -0.15) is 0 Å². The number of ether oxygens (including phenoxy) is 2. The lowest BCUT2D eigenvalue weighted by atomic mass is 10.1. The Morgan fingerprint density at radius 1 is 1.28 bits per heavy atom. The van der Waals surface area contributed by atoms with E-state index in [1.54, 1.807) is 4.52 Å². The molecular formula is C11H6BrN3O2S. The van der Waals surface area contributed by atoms with Gasteiger partial charge in [0, 0.05) is 5.56 Å². The molecule has 2 aromatic heterocycles. The topological polar surface area (TPSA) is 48.7 Å². The number of rotatable bonds is 1. The summed E-state index contributed by atoms with van der Waals surface area (Å²) in [7, 11) is 0. The zero-order valence-corrected chi connectivity index (χ0v) is 11.4. The molecule has 3 aromatic rings. The van der Waals surface area contributed by atoms with Gasteiger partial charge in [-0.05, 0) is 34.1 Å². The van der Waals surface area contributed by atoms with Crippen LogP contribution in [-0.4, -0.2) is 21.4 Å². The van der Waals surface area contributed by atoms with Gasteiger partial charge in [0.25, 0.3) is 0 Å². The third-order valence-corrected chi connectivity index (χ3v) is 4.04. The van der Waals surface area contributed by atoms with Crippen molar-refractivity contribution in [3.05, 3.63) is 28.3 Å². The number of fused-ring (bicyclic) bond motifs is 2. The van der Waals surface area contributed by atoms with Gasteiger partial charge in [0.15, 0.2) is 15.4 Å². The molecule has 0 bridgehead atoms. The van der Waals surface area contributed by atoms with Crippen LogP contribution in [0.1, 0.15) is 0 Å². The molecule has 5 nitrogen and oxygen atoms in total. The Kier molecular flexibility index (Phi) is 2.12. The van der Waals surface area contributed by atoms with Crippen LogP contribution < -0.4 is 9.47 Å². The Balaban J connectivity index is 1.83. The van der Waals surface area contributed by atoms with Gasteiger partial charge in [-0.25, -0.2) is 9.50 Å². The van der Waals surface area contributed by atoms with Gasteiger partial charge in [-0.15, -0.1) is 5.10 Å². The van der Waals surface area contributed by atoms with Crippen LogP contribution in [0.3, 0.4) is 0 Å². The normalized spacial score (nSPS) is 13.4. The summed E-state index contributed by atoms with van der Waals surface area (Å²) in [6.07, 6.45) is 1.90. The highest BCUT2D eigenvalue weighted by Crippen LogP contribution is 2.36. The SMILES string of the molecule is Brc1nn2cc(-c3ccc4c(c3)OCO4)nc2s1. The van der Waals surface area contributed by atoms with Gasteiger partial charge in [-0.3, -0.25) is 0 Å². The molecule has 7 heteroatoms. The first kappa shape index (κ1) is 10.3. The van der Waals surface area contributed by atoms with Gasteiger partial charge < -0.3 is 9.47 Å². The summed E-state index contributed by atoms with van der Waals surface area (Å²) in [5, 5.41) is 4.27. The maximum atomic E-state index is 5.36. The molecule has 4 rings (SSSR count). The minimum atomic E-state index is 0.283. The second-order valence-corrected chi connectivity index (χ2v) is 6.01. The second kappa shape index (κ2) is 3.69. The Morgan fingerprint density at radius 2 is 2.17 bits per heavy atom. The van der Waals surface area contributed by atoms with E-state index in [1.807, 2.05) is 24.4 Å². The molecule has 0 amide bonds. The van der Waals surface area contributed by atoms with E-state index in [2.05, 4.69) is 26.0 Å². The van der Waals surface area contributed by atoms with E-state index < -0.39 is 0 Å². The largest absolute Gasteiger partial charge is 0.454 e. The lowest BCUT2D eigenvalue weighted by molar-refractivity contribution is 0.174. The van der Waals surface area contributed by atoms with Crippen LogP contribution >= 0.6 is 27.3 Å². The van der Waals surface area contributed by atoms with Gasteiger partial charge >= 0.3 is 0 Å². The number of halogens is 1. The van der Waals surface area contributed by atoms with Crippen molar-refractivity contribution in [1.82, 2.24) is 14.6 Å². The predicted molar refractivity (Wildman–Crippen MR) is 70.1 cm³/mol. The summed E-state index contributed by atoms with van der Waals surface area (Å²) < 4.78 is 13.2. The number of hydrogen-bond acceptors (Lipinski definition) is 5. The number of imidazole rings is 1. The fourth-order valence-corrected chi connectivity index (χ4v) is 3.09. The van der Waals surface area contributed by atoms with Crippen LogP contribution in [-0.2, 0) is 0 Å². The number of aromatic nitrogens is 3. The van der Waals surface area contributed by atoms with Crippen molar-refractivity contribution < 1.29 is 9.47 Å². The molecule has 0 spiro atoms. The minimum Gasteiger partial charge on any atom is -0.454 e. The van der Waals surface area contributed by atoms with Crippen LogP contribution in [0.2, 0.25) is 0 Å². The van der Waals surface area contributed by atoms with Crippen LogP contribution in [0.25, 0.3) is 16.2 Å². The Morgan fingerprint density at radius 3 is 3.06 bits per heavy atom. The number of hydrogen-bond donors (Lipinski definition) is 0. The first-order valence-electron chi connectivity index (χ1n) is 5.21. The monoisotopic (exact) mass is 323 g/mol. The summed E-state index contributed by atoms with van der Waals surface area (Å²) in [5.41, 5.74) is 1.87. The molecule has 0 unspecified atom stereocenters. The van der Waals surface area contributed by atoms with Crippen molar-refractivity contribution in [3.63, 3.8) is 0 Å². The molecule has 90 valence electrons. The van der Waals surface area contributed by atoms with E-state index >= 15 is 0 Å². The molecule has 0 radical (unpaired) electrons. The third kappa shape index (κ3) is 1.51. The molecule has 1 aliphatic rings. The quantitative estimate of drug-likeness (QED) is 0.690. The standard InChI is InChI=1S/C11H6BrN3O2S/c12-10-14-15-4-7(13-11(15)18-10)6-1-2-8-9(3-6)17-5-16-8/h1-4H,5H2. The van der Waals surface area contributed by atoms with Gasteiger partial charge in [0.2, 0.25) is 11.8 Å². The highest BCUT2D eigenvalue weighted by atomic mass is 79.9. The molecule has 18 heavy (non-hydrogen) atoms. The lowest BCUT2D eigenvalue weighted by Gasteiger charge is -1.98. The molecule has 0 saturated carbocycles. The molecule has 0 aliphatic carbocycles. The van der Waals surface area contributed by atoms with Crippen molar-refractivity contribution in [2.45, 2.75) is 0 Å². The number of benzene rings is 1. The summed E-state index contributed by atoms with van der Waals surface area (Å²) >= 11 is 4.83. The highest BCUT2D eigenvalue weighted by molar-refractivity contribution is 9.11. The average Bonchev–Trinajstić information content (AvgIpc) is 3.00. The summed E-state index contributed by atoms with van der Waals surface area (Å²) in [6.45, 7) is 0.283. The first-order chi connectivity index (χ1) is 8.79. The molecule has 0 atom stereocenters. The molecule has 0 N–H and O–H groups in total. The average molecular weight is 324 g/mol. The van der Waals surface area contributed by atoms with E-state index in [0.717, 1.165) is 31.6 Å². The fourth-order valence-electron chi connectivity index (χ4n) is 1.87.